The van der Waals surface area contributed by atoms with Crippen LogP contribution in [0, 0.1) is 5.82 Å². The van der Waals surface area contributed by atoms with Crippen LogP contribution in [-0.4, -0.2) is 19.8 Å². The van der Waals surface area contributed by atoms with Crippen LogP contribution in [0.25, 0.3) is 0 Å². The minimum absolute atomic E-state index is 0.219. The van der Waals surface area contributed by atoms with E-state index in [-0.39, 0.29) is 5.82 Å². The van der Waals surface area contributed by atoms with Gasteiger partial charge in [0.1, 0.15) is 5.82 Å². The lowest BCUT2D eigenvalue weighted by atomic mass is 10.1. The van der Waals surface area contributed by atoms with E-state index in [0.717, 1.165) is 18.4 Å². The largest absolute Gasteiger partial charge is 0.383 e. The fourth-order valence-electron chi connectivity index (χ4n) is 1.71. The summed E-state index contributed by atoms with van der Waals surface area (Å²) in [6, 6.07) is 5.53. The number of ether oxygens (including phenoxy) is 1. The molecule has 4 heteroatoms. The summed E-state index contributed by atoms with van der Waals surface area (Å²) in [7, 11) is 1.70. The van der Waals surface area contributed by atoms with Crippen LogP contribution >= 0.6 is 15.9 Å². The predicted octanol–water partition coefficient (Wildman–Crippen LogP) is 3.49. The van der Waals surface area contributed by atoms with Gasteiger partial charge in [-0.1, -0.05) is 19.4 Å². The second kappa shape index (κ2) is 7.80. The van der Waals surface area contributed by atoms with Crippen molar-refractivity contribution in [2.75, 3.05) is 13.7 Å². The van der Waals surface area contributed by atoms with Crippen LogP contribution in [0.4, 0.5) is 4.39 Å². The first-order valence-electron chi connectivity index (χ1n) is 5.83. The van der Waals surface area contributed by atoms with E-state index >= 15 is 0 Å². The lowest BCUT2D eigenvalue weighted by Crippen LogP contribution is -2.32. The standard InChI is InChI=1S/C13H19BrFNO/c1-3-4-11(9-17-2)16-8-10-5-6-12(14)13(15)7-10/h5-7,11,16H,3-4,8-9H2,1-2H3. The average Bonchev–Trinajstić information content (AvgIpc) is 2.31. The molecule has 0 amide bonds. The summed E-state index contributed by atoms with van der Waals surface area (Å²) in [5.41, 5.74) is 0.947. The van der Waals surface area contributed by atoms with Gasteiger partial charge in [0.25, 0.3) is 0 Å². The van der Waals surface area contributed by atoms with Gasteiger partial charge in [-0.25, -0.2) is 4.39 Å². The number of hydrogen-bond acceptors (Lipinski definition) is 2. The SMILES string of the molecule is CCCC(COC)NCc1ccc(Br)c(F)c1. The molecule has 17 heavy (non-hydrogen) atoms. The van der Waals surface area contributed by atoms with Crippen molar-refractivity contribution in [3.63, 3.8) is 0 Å². The summed E-state index contributed by atoms with van der Waals surface area (Å²) in [5, 5.41) is 3.38. The van der Waals surface area contributed by atoms with Gasteiger partial charge < -0.3 is 10.1 Å². The number of hydrogen-bond donors (Lipinski definition) is 1. The number of rotatable bonds is 7. The van der Waals surface area contributed by atoms with Gasteiger partial charge in [0.05, 0.1) is 11.1 Å². The smallest absolute Gasteiger partial charge is 0.137 e. The molecule has 0 fully saturated rings. The monoisotopic (exact) mass is 303 g/mol. The highest BCUT2D eigenvalue weighted by atomic mass is 79.9. The highest BCUT2D eigenvalue weighted by Crippen LogP contribution is 2.16. The van der Waals surface area contributed by atoms with Gasteiger partial charge in [0, 0.05) is 19.7 Å². The van der Waals surface area contributed by atoms with E-state index in [1.165, 1.54) is 0 Å². The quantitative estimate of drug-likeness (QED) is 0.832. The van der Waals surface area contributed by atoms with Gasteiger partial charge in [0.15, 0.2) is 0 Å². The van der Waals surface area contributed by atoms with E-state index < -0.39 is 0 Å². The molecular formula is C13H19BrFNO. The number of halogens is 2. The highest BCUT2D eigenvalue weighted by molar-refractivity contribution is 9.10. The van der Waals surface area contributed by atoms with Gasteiger partial charge in [0.2, 0.25) is 0 Å². The van der Waals surface area contributed by atoms with Gasteiger partial charge in [-0.2, -0.15) is 0 Å². The maximum Gasteiger partial charge on any atom is 0.137 e. The van der Waals surface area contributed by atoms with E-state index in [1.807, 2.05) is 6.07 Å². The second-order valence-corrected chi connectivity index (χ2v) is 4.92. The maximum atomic E-state index is 13.3. The van der Waals surface area contributed by atoms with Gasteiger partial charge in [-0.05, 0) is 40.0 Å². The third-order valence-corrected chi connectivity index (χ3v) is 3.23. The summed E-state index contributed by atoms with van der Waals surface area (Å²) in [4.78, 5) is 0. The van der Waals surface area contributed by atoms with Crippen LogP contribution in [0.5, 0.6) is 0 Å². The van der Waals surface area contributed by atoms with Crippen LogP contribution in [-0.2, 0) is 11.3 Å². The normalized spacial score (nSPS) is 12.7. The maximum absolute atomic E-state index is 13.3. The molecular weight excluding hydrogens is 285 g/mol. The van der Waals surface area contributed by atoms with E-state index in [4.69, 9.17) is 4.74 Å². The Morgan fingerprint density at radius 2 is 2.24 bits per heavy atom. The molecule has 0 aliphatic carbocycles. The molecule has 1 rings (SSSR count). The van der Waals surface area contributed by atoms with E-state index in [2.05, 4.69) is 28.2 Å². The van der Waals surface area contributed by atoms with Crippen molar-refractivity contribution < 1.29 is 9.13 Å². The number of benzene rings is 1. The van der Waals surface area contributed by atoms with Crippen LogP contribution in [0.2, 0.25) is 0 Å². The molecule has 0 bridgehead atoms. The summed E-state index contributed by atoms with van der Waals surface area (Å²) < 4.78 is 18.9. The fraction of sp³-hybridized carbons (Fsp3) is 0.538. The average molecular weight is 304 g/mol. The van der Waals surface area contributed by atoms with Crippen LogP contribution in [0.1, 0.15) is 25.3 Å². The van der Waals surface area contributed by atoms with Crippen LogP contribution < -0.4 is 5.32 Å². The molecule has 2 nitrogen and oxygen atoms in total. The number of nitrogens with one attached hydrogen (secondary N) is 1. The van der Waals surface area contributed by atoms with Crippen molar-refractivity contribution in [3.8, 4) is 0 Å². The Kier molecular flexibility index (Phi) is 6.70. The van der Waals surface area contributed by atoms with Crippen molar-refractivity contribution in [1.29, 1.82) is 0 Å². The minimum Gasteiger partial charge on any atom is -0.383 e. The predicted molar refractivity (Wildman–Crippen MR) is 71.5 cm³/mol. The van der Waals surface area contributed by atoms with Crippen molar-refractivity contribution in [3.05, 3.63) is 34.1 Å². The molecule has 0 aliphatic heterocycles. The Labute approximate surface area is 111 Å². The third kappa shape index (κ3) is 5.15. The topological polar surface area (TPSA) is 21.3 Å². The zero-order valence-corrected chi connectivity index (χ0v) is 11.9. The van der Waals surface area contributed by atoms with Crippen molar-refractivity contribution >= 4 is 15.9 Å². The van der Waals surface area contributed by atoms with Crippen molar-refractivity contribution in [1.82, 2.24) is 5.32 Å². The van der Waals surface area contributed by atoms with Crippen molar-refractivity contribution in [2.24, 2.45) is 0 Å². The molecule has 0 aromatic heterocycles. The lowest BCUT2D eigenvalue weighted by molar-refractivity contribution is 0.161. The molecule has 1 aromatic rings. The van der Waals surface area contributed by atoms with Gasteiger partial charge in [-0.3, -0.25) is 0 Å². The first-order valence-corrected chi connectivity index (χ1v) is 6.63. The lowest BCUT2D eigenvalue weighted by Gasteiger charge is -2.17. The molecule has 0 spiro atoms. The summed E-state index contributed by atoms with van der Waals surface area (Å²) in [6.45, 7) is 3.49. The van der Waals surface area contributed by atoms with E-state index in [1.54, 1.807) is 19.2 Å². The third-order valence-electron chi connectivity index (χ3n) is 2.58. The van der Waals surface area contributed by atoms with Crippen LogP contribution in [0.3, 0.4) is 0 Å². The Bertz CT molecular complexity index is 340. The summed E-state index contributed by atoms with van der Waals surface area (Å²) in [6.07, 6.45) is 2.17. The molecule has 0 heterocycles. The Morgan fingerprint density at radius 1 is 1.47 bits per heavy atom. The van der Waals surface area contributed by atoms with Gasteiger partial charge in [-0.15, -0.1) is 0 Å². The zero-order valence-electron chi connectivity index (χ0n) is 10.3. The molecule has 0 aliphatic rings. The minimum atomic E-state index is -0.219. The summed E-state index contributed by atoms with van der Waals surface area (Å²) >= 11 is 3.14. The van der Waals surface area contributed by atoms with Gasteiger partial charge >= 0.3 is 0 Å². The Hall–Kier alpha value is -0.450. The molecule has 1 unspecified atom stereocenters. The van der Waals surface area contributed by atoms with E-state index in [0.29, 0.717) is 23.7 Å². The molecule has 1 N–H and O–H groups in total. The second-order valence-electron chi connectivity index (χ2n) is 4.07. The highest BCUT2D eigenvalue weighted by Gasteiger charge is 2.07. The molecule has 1 atom stereocenters. The molecule has 96 valence electrons. The molecule has 0 saturated carbocycles. The molecule has 0 saturated heterocycles. The van der Waals surface area contributed by atoms with E-state index in [9.17, 15) is 4.39 Å². The Morgan fingerprint density at radius 3 is 2.82 bits per heavy atom. The zero-order chi connectivity index (χ0) is 12.7. The number of methoxy groups -OCH3 is 1. The Balaban J connectivity index is 2.49. The first kappa shape index (κ1) is 14.6. The molecule has 1 aromatic carbocycles. The first-order chi connectivity index (χ1) is 8.17. The summed E-state index contributed by atoms with van der Waals surface area (Å²) in [5.74, 6) is -0.219. The fourth-order valence-corrected chi connectivity index (χ4v) is 1.95. The van der Waals surface area contributed by atoms with Crippen molar-refractivity contribution in [2.45, 2.75) is 32.4 Å². The molecule has 0 radical (unpaired) electrons. The van der Waals surface area contributed by atoms with Crippen LogP contribution in [0.15, 0.2) is 22.7 Å².